The highest BCUT2D eigenvalue weighted by molar-refractivity contribution is 9.11. The molecule has 258 valence electrons. The number of thiophene rings is 6. The van der Waals surface area contributed by atoms with Gasteiger partial charge < -0.3 is 0 Å². The van der Waals surface area contributed by atoms with Crippen molar-refractivity contribution < 1.29 is 0 Å². The van der Waals surface area contributed by atoms with Crippen molar-refractivity contribution in [3.8, 4) is 48.8 Å². The first kappa shape index (κ1) is 36.3. The molecular weight excluding hydrogens is 793 g/mol. The van der Waals surface area contributed by atoms with Gasteiger partial charge in [-0.1, -0.05) is 79.1 Å². The maximum atomic E-state index is 3.69. The van der Waals surface area contributed by atoms with E-state index in [0.29, 0.717) is 0 Å². The van der Waals surface area contributed by atoms with Gasteiger partial charge in [-0.25, -0.2) is 0 Å². The number of hydrogen-bond acceptors (Lipinski definition) is 6. The Labute approximate surface area is 327 Å². The van der Waals surface area contributed by atoms with Crippen molar-refractivity contribution in [2.45, 2.75) is 98.1 Å². The standard InChI is InChI=1S/C41H47BrS6Si/c1-6-10-12-27(8-3)24-49(25-28(9-4)13-11-7-2)37-22-35(33-18-16-30(44-33)29-15-14-26(5)43-29)47-40(37)41-38(49)23-36(48-41)34-19-17-31(45-34)32-20-21-39(42)46-32/h14-23,27-28H,6-13,24-25H2,1-5H3. The van der Waals surface area contributed by atoms with E-state index in [2.05, 4.69) is 134 Å². The maximum absolute atomic E-state index is 3.69. The van der Waals surface area contributed by atoms with Crippen molar-refractivity contribution >= 4 is 102 Å². The van der Waals surface area contributed by atoms with Gasteiger partial charge in [0, 0.05) is 53.6 Å². The average molecular weight is 840 g/mol. The Bertz CT molecular complexity index is 1850. The van der Waals surface area contributed by atoms with E-state index in [4.69, 9.17) is 0 Å². The Morgan fingerprint density at radius 3 is 1.37 bits per heavy atom. The molecule has 0 N–H and O–H groups in total. The van der Waals surface area contributed by atoms with Gasteiger partial charge in [0.2, 0.25) is 0 Å². The van der Waals surface area contributed by atoms with Crippen LogP contribution in [0.25, 0.3) is 48.8 Å². The van der Waals surface area contributed by atoms with Crippen LogP contribution in [0, 0.1) is 18.8 Å². The van der Waals surface area contributed by atoms with Crippen LogP contribution in [0.1, 0.15) is 83.9 Å². The molecule has 7 rings (SSSR count). The maximum Gasteiger partial charge on any atom is 0.122 e. The zero-order chi connectivity index (χ0) is 34.1. The molecule has 0 aromatic carbocycles. The van der Waals surface area contributed by atoms with Crippen LogP contribution in [0.4, 0.5) is 0 Å². The molecule has 0 aliphatic carbocycles. The van der Waals surface area contributed by atoms with Crippen molar-refractivity contribution in [1.82, 2.24) is 0 Å². The van der Waals surface area contributed by atoms with Gasteiger partial charge in [-0.15, -0.1) is 68.0 Å². The summed E-state index contributed by atoms with van der Waals surface area (Å²) < 4.78 is 1.20. The highest BCUT2D eigenvalue weighted by Gasteiger charge is 2.50. The minimum absolute atomic E-state index is 0.807. The molecule has 0 saturated heterocycles. The predicted molar refractivity (Wildman–Crippen MR) is 235 cm³/mol. The number of aryl methyl sites for hydroxylation is 1. The molecule has 0 fully saturated rings. The monoisotopic (exact) mass is 838 g/mol. The largest absolute Gasteiger partial charge is 0.140 e. The minimum Gasteiger partial charge on any atom is -0.140 e. The molecule has 8 heteroatoms. The molecule has 6 aromatic heterocycles. The number of halogens is 1. The molecule has 0 bridgehead atoms. The molecule has 6 aromatic rings. The Balaban J connectivity index is 1.36. The van der Waals surface area contributed by atoms with Crippen LogP contribution < -0.4 is 10.4 Å². The van der Waals surface area contributed by atoms with E-state index < -0.39 is 8.07 Å². The van der Waals surface area contributed by atoms with Crippen LogP contribution in [-0.4, -0.2) is 8.07 Å². The Morgan fingerprint density at radius 2 is 0.959 bits per heavy atom. The van der Waals surface area contributed by atoms with Crippen molar-refractivity contribution in [3.63, 3.8) is 0 Å². The lowest BCUT2D eigenvalue weighted by atomic mass is 10.0. The summed E-state index contributed by atoms with van der Waals surface area (Å²) in [4.78, 5) is 16.1. The Hall–Kier alpha value is -1.10. The van der Waals surface area contributed by atoms with E-state index >= 15 is 0 Å². The topological polar surface area (TPSA) is 0 Å². The van der Waals surface area contributed by atoms with E-state index in [1.807, 2.05) is 45.3 Å². The molecule has 2 atom stereocenters. The van der Waals surface area contributed by atoms with Crippen molar-refractivity contribution in [2.24, 2.45) is 11.8 Å². The molecule has 0 nitrogen and oxygen atoms in total. The van der Waals surface area contributed by atoms with Crippen LogP contribution in [-0.2, 0) is 0 Å². The lowest BCUT2D eigenvalue weighted by Gasteiger charge is -2.35. The van der Waals surface area contributed by atoms with Gasteiger partial charge in [-0.05, 0) is 118 Å². The summed E-state index contributed by atoms with van der Waals surface area (Å²) in [5, 5.41) is 3.59. The first-order valence-electron chi connectivity index (χ1n) is 18.2. The second kappa shape index (κ2) is 15.9. The van der Waals surface area contributed by atoms with Crippen molar-refractivity contribution in [3.05, 3.63) is 69.3 Å². The minimum atomic E-state index is -2.05. The molecule has 1 aliphatic heterocycles. The molecular formula is C41H47BrS6Si. The van der Waals surface area contributed by atoms with Gasteiger partial charge in [0.05, 0.1) is 3.79 Å². The predicted octanol–water partition coefficient (Wildman–Crippen LogP) is 15.8. The first-order valence-corrected chi connectivity index (χ1v) is 26.3. The molecule has 0 radical (unpaired) electrons. The van der Waals surface area contributed by atoms with Crippen LogP contribution >= 0.6 is 84.0 Å². The fourth-order valence-electron chi connectivity index (χ4n) is 7.83. The number of unbranched alkanes of at least 4 members (excludes halogenated alkanes) is 2. The molecule has 1 aliphatic rings. The summed E-state index contributed by atoms with van der Waals surface area (Å²) >= 11 is 15.6. The lowest BCUT2D eigenvalue weighted by molar-refractivity contribution is 0.469. The fourth-order valence-corrected chi connectivity index (χ4v) is 22.8. The molecule has 0 spiro atoms. The number of rotatable bonds is 16. The molecule has 0 saturated carbocycles. The summed E-state index contributed by atoms with van der Waals surface area (Å²) in [6.45, 7) is 11.9. The summed E-state index contributed by atoms with van der Waals surface area (Å²) in [6, 6.07) is 26.8. The zero-order valence-electron chi connectivity index (χ0n) is 29.3. The number of hydrogen-bond donors (Lipinski definition) is 0. The van der Waals surface area contributed by atoms with Gasteiger partial charge in [0.15, 0.2) is 0 Å². The average Bonchev–Trinajstić information content (AvgIpc) is 3.94. The van der Waals surface area contributed by atoms with Crippen LogP contribution in [0.15, 0.2) is 64.5 Å². The summed E-state index contributed by atoms with van der Waals surface area (Å²) in [5.74, 6) is 1.61. The van der Waals surface area contributed by atoms with E-state index in [1.54, 1.807) is 20.1 Å². The van der Waals surface area contributed by atoms with E-state index in [-0.39, 0.29) is 0 Å². The van der Waals surface area contributed by atoms with Crippen molar-refractivity contribution in [2.75, 3.05) is 0 Å². The van der Waals surface area contributed by atoms with E-state index in [1.165, 1.54) is 111 Å². The lowest BCUT2D eigenvalue weighted by Crippen LogP contribution is -2.56. The third kappa shape index (κ3) is 7.42. The molecule has 0 amide bonds. The van der Waals surface area contributed by atoms with Gasteiger partial charge in [0.1, 0.15) is 8.07 Å². The zero-order valence-corrected chi connectivity index (χ0v) is 36.8. The van der Waals surface area contributed by atoms with Crippen LogP contribution in [0.5, 0.6) is 0 Å². The van der Waals surface area contributed by atoms with Gasteiger partial charge in [0.25, 0.3) is 0 Å². The Morgan fingerprint density at radius 1 is 0.531 bits per heavy atom. The second-order valence-corrected chi connectivity index (χ2v) is 26.0. The number of fused-ring (bicyclic) bond motifs is 3. The summed E-state index contributed by atoms with van der Waals surface area (Å²) in [5.41, 5.74) is 0. The SMILES string of the molecule is CCCCC(CC)C[Si]1(CC(CC)CCCC)c2cc(-c3ccc(-c4ccc(C)s4)s3)sc2-c2sc(-c3ccc(-c4ccc(Br)s4)s3)cc21. The van der Waals surface area contributed by atoms with E-state index in [9.17, 15) is 0 Å². The highest BCUT2D eigenvalue weighted by Crippen LogP contribution is 2.51. The van der Waals surface area contributed by atoms with Crippen molar-refractivity contribution in [1.29, 1.82) is 0 Å². The fraction of sp³-hybridized carbons (Fsp3) is 0.415. The summed E-state index contributed by atoms with van der Waals surface area (Å²) in [7, 11) is -2.05. The van der Waals surface area contributed by atoms with Gasteiger partial charge >= 0.3 is 0 Å². The third-order valence-electron chi connectivity index (χ3n) is 10.6. The van der Waals surface area contributed by atoms with Gasteiger partial charge in [-0.2, -0.15) is 0 Å². The second-order valence-electron chi connectivity index (χ2n) is 13.9. The normalized spacial score (nSPS) is 16.7. The first-order chi connectivity index (χ1) is 23.8. The van der Waals surface area contributed by atoms with Crippen LogP contribution in [0.3, 0.4) is 0 Å². The molecule has 2 unspecified atom stereocenters. The smallest absolute Gasteiger partial charge is 0.122 e. The van der Waals surface area contributed by atoms with Gasteiger partial charge in [-0.3, -0.25) is 0 Å². The van der Waals surface area contributed by atoms with E-state index in [0.717, 1.165) is 11.8 Å². The third-order valence-corrected chi connectivity index (χ3v) is 24.3. The highest BCUT2D eigenvalue weighted by atomic mass is 79.9. The molecule has 49 heavy (non-hydrogen) atoms. The molecule has 7 heterocycles. The van der Waals surface area contributed by atoms with Crippen LogP contribution in [0.2, 0.25) is 12.1 Å². The Kier molecular flexibility index (Phi) is 11.7. The summed E-state index contributed by atoms with van der Waals surface area (Å²) in [6.07, 6.45) is 10.7. The quantitative estimate of drug-likeness (QED) is 0.0852.